The summed E-state index contributed by atoms with van der Waals surface area (Å²) in [6, 6.07) is 8.28. The molecule has 2 aromatic carbocycles. The molecule has 1 amide bonds. The van der Waals surface area contributed by atoms with Gasteiger partial charge in [-0.25, -0.2) is 9.18 Å². The van der Waals surface area contributed by atoms with Crippen molar-refractivity contribution in [2.75, 3.05) is 11.9 Å². The van der Waals surface area contributed by atoms with Gasteiger partial charge >= 0.3 is 12.6 Å². The number of esters is 1. The zero-order valence-corrected chi connectivity index (χ0v) is 13.2. The minimum absolute atomic E-state index is 0.0645. The molecule has 2 rings (SSSR count). The molecule has 0 radical (unpaired) electrons. The summed E-state index contributed by atoms with van der Waals surface area (Å²) in [5, 5.41) is 2.26. The van der Waals surface area contributed by atoms with Gasteiger partial charge in [0.1, 0.15) is 11.6 Å². The second-order valence-corrected chi connectivity index (χ2v) is 5.06. The molecule has 25 heavy (non-hydrogen) atoms. The number of ether oxygens (including phenoxy) is 2. The van der Waals surface area contributed by atoms with E-state index in [9.17, 15) is 22.8 Å². The normalized spacial score (nSPS) is 10.4. The van der Waals surface area contributed by atoms with E-state index in [2.05, 4.69) is 10.1 Å². The highest BCUT2D eigenvalue weighted by Crippen LogP contribution is 2.19. The van der Waals surface area contributed by atoms with Crippen molar-refractivity contribution in [3.63, 3.8) is 0 Å². The fraction of sp³-hybridized carbons (Fsp3) is 0.125. The molecule has 0 spiro atoms. The van der Waals surface area contributed by atoms with Crippen molar-refractivity contribution in [1.82, 2.24) is 0 Å². The van der Waals surface area contributed by atoms with Gasteiger partial charge in [0.25, 0.3) is 5.91 Å². The van der Waals surface area contributed by atoms with Gasteiger partial charge in [-0.05, 0) is 42.5 Å². The Labute approximate surface area is 145 Å². The van der Waals surface area contributed by atoms with Gasteiger partial charge in [-0.2, -0.15) is 8.78 Å². The lowest BCUT2D eigenvalue weighted by Gasteiger charge is -2.08. The molecule has 5 nitrogen and oxygen atoms in total. The molecule has 9 heteroatoms. The van der Waals surface area contributed by atoms with Gasteiger partial charge in [-0.3, -0.25) is 4.79 Å². The molecule has 0 aliphatic heterocycles. The second-order valence-electron chi connectivity index (χ2n) is 4.65. The number of alkyl halides is 2. The minimum atomic E-state index is -2.95. The lowest BCUT2D eigenvalue weighted by molar-refractivity contribution is -0.119. The third kappa shape index (κ3) is 5.68. The number of carbonyl (C=O) groups excluding carboxylic acids is 2. The van der Waals surface area contributed by atoms with Crippen LogP contribution in [0, 0.1) is 5.82 Å². The quantitative estimate of drug-likeness (QED) is 0.780. The SMILES string of the molecule is O=C(COC(=O)c1ccc(F)cc1Cl)Nc1ccc(OC(F)F)cc1. The zero-order chi connectivity index (χ0) is 18.4. The van der Waals surface area contributed by atoms with Crippen molar-refractivity contribution in [2.24, 2.45) is 0 Å². The van der Waals surface area contributed by atoms with Crippen LogP contribution in [0.25, 0.3) is 0 Å². The molecule has 0 heterocycles. The summed E-state index contributed by atoms with van der Waals surface area (Å²) >= 11 is 5.71. The second kappa shape index (κ2) is 8.39. The molecule has 0 aliphatic carbocycles. The molecule has 1 N–H and O–H groups in total. The van der Waals surface area contributed by atoms with Gasteiger partial charge in [-0.1, -0.05) is 11.6 Å². The van der Waals surface area contributed by atoms with Gasteiger partial charge in [0, 0.05) is 5.69 Å². The van der Waals surface area contributed by atoms with E-state index < -0.39 is 30.9 Å². The van der Waals surface area contributed by atoms with E-state index in [1.165, 1.54) is 24.3 Å². The maximum absolute atomic E-state index is 12.9. The highest BCUT2D eigenvalue weighted by atomic mass is 35.5. The average molecular weight is 374 g/mol. The first-order chi connectivity index (χ1) is 11.8. The summed E-state index contributed by atoms with van der Waals surface area (Å²) < 4.78 is 45.9. The van der Waals surface area contributed by atoms with Crippen LogP contribution in [0.3, 0.4) is 0 Å². The third-order valence-electron chi connectivity index (χ3n) is 2.85. The van der Waals surface area contributed by atoms with Crippen LogP contribution in [0.4, 0.5) is 18.9 Å². The maximum atomic E-state index is 12.9. The van der Waals surface area contributed by atoms with Crippen molar-refractivity contribution in [2.45, 2.75) is 6.61 Å². The summed E-state index contributed by atoms with van der Waals surface area (Å²) in [5.41, 5.74) is 0.215. The van der Waals surface area contributed by atoms with E-state index in [0.717, 1.165) is 18.2 Å². The van der Waals surface area contributed by atoms with Crippen molar-refractivity contribution in [3.05, 3.63) is 58.9 Å². The number of amides is 1. The minimum Gasteiger partial charge on any atom is -0.452 e. The van der Waals surface area contributed by atoms with Crippen LogP contribution in [-0.2, 0) is 9.53 Å². The van der Waals surface area contributed by atoms with Crippen molar-refractivity contribution < 1.29 is 32.2 Å². The molecule has 0 aliphatic rings. The Kier molecular flexibility index (Phi) is 6.24. The van der Waals surface area contributed by atoms with Crippen LogP contribution in [0.5, 0.6) is 5.75 Å². The van der Waals surface area contributed by atoms with E-state index >= 15 is 0 Å². The van der Waals surface area contributed by atoms with Crippen LogP contribution in [-0.4, -0.2) is 25.1 Å². The first-order valence-corrected chi connectivity index (χ1v) is 7.20. The number of rotatable bonds is 6. The van der Waals surface area contributed by atoms with Crippen LogP contribution >= 0.6 is 11.6 Å². The molecule has 0 fully saturated rings. The fourth-order valence-electron chi connectivity index (χ4n) is 1.78. The Morgan fingerprint density at radius 1 is 1.12 bits per heavy atom. The van der Waals surface area contributed by atoms with Crippen LogP contribution in [0.2, 0.25) is 5.02 Å². The van der Waals surface area contributed by atoms with E-state index in [0.29, 0.717) is 5.69 Å². The largest absolute Gasteiger partial charge is 0.452 e. The smallest absolute Gasteiger partial charge is 0.387 e. The predicted octanol–water partition coefficient (Wildman–Crippen LogP) is 3.88. The Balaban J connectivity index is 1.86. The van der Waals surface area contributed by atoms with Crippen LogP contribution < -0.4 is 10.1 Å². The average Bonchev–Trinajstić information content (AvgIpc) is 2.54. The number of benzene rings is 2. The van der Waals surface area contributed by atoms with Gasteiger partial charge in [0.05, 0.1) is 10.6 Å². The first kappa shape index (κ1) is 18.6. The molecule has 0 bridgehead atoms. The Morgan fingerprint density at radius 3 is 2.40 bits per heavy atom. The number of nitrogens with one attached hydrogen (secondary N) is 1. The van der Waals surface area contributed by atoms with Crippen molar-refractivity contribution in [1.29, 1.82) is 0 Å². The van der Waals surface area contributed by atoms with Gasteiger partial charge in [0.2, 0.25) is 0 Å². The fourth-order valence-corrected chi connectivity index (χ4v) is 2.03. The van der Waals surface area contributed by atoms with Gasteiger partial charge in [-0.15, -0.1) is 0 Å². The number of halogens is 4. The molecule has 0 aromatic heterocycles. The Morgan fingerprint density at radius 2 is 1.80 bits per heavy atom. The summed E-state index contributed by atoms with van der Waals surface area (Å²) in [4.78, 5) is 23.5. The lowest BCUT2D eigenvalue weighted by Crippen LogP contribution is -2.21. The lowest BCUT2D eigenvalue weighted by atomic mass is 10.2. The summed E-state index contributed by atoms with van der Waals surface area (Å²) in [5.74, 6) is -2.22. The molecule has 0 unspecified atom stereocenters. The van der Waals surface area contributed by atoms with E-state index in [1.807, 2.05) is 0 Å². The highest BCUT2D eigenvalue weighted by Gasteiger charge is 2.14. The molecule has 0 saturated heterocycles. The summed E-state index contributed by atoms with van der Waals surface area (Å²) in [6.45, 7) is -3.56. The number of anilines is 1. The van der Waals surface area contributed by atoms with Gasteiger partial charge in [0.15, 0.2) is 6.61 Å². The molecular formula is C16H11ClF3NO4. The maximum Gasteiger partial charge on any atom is 0.387 e. The number of hydrogen-bond acceptors (Lipinski definition) is 4. The summed E-state index contributed by atoms with van der Waals surface area (Å²) in [6.07, 6.45) is 0. The van der Waals surface area contributed by atoms with Crippen LogP contribution in [0.15, 0.2) is 42.5 Å². The molecular weight excluding hydrogens is 363 g/mol. The number of carbonyl (C=O) groups is 2. The third-order valence-corrected chi connectivity index (χ3v) is 3.16. The topological polar surface area (TPSA) is 64.6 Å². The Hall–Kier alpha value is -2.74. The van der Waals surface area contributed by atoms with Gasteiger partial charge < -0.3 is 14.8 Å². The standard InChI is InChI=1S/C16H11ClF3NO4/c17-13-7-9(18)1-6-12(13)15(23)24-8-14(22)21-10-2-4-11(5-3-10)25-16(19)20/h1-7,16H,8H2,(H,21,22). The monoisotopic (exact) mass is 373 g/mol. The molecule has 0 atom stereocenters. The highest BCUT2D eigenvalue weighted by molar-refractivity contribution is 6.33. The summed E-state index contributed by atoms with van der Waals surface area (Å²) in [7, 11) is 0. The van der Waals surface area contributed by atoms with E-state index in [4.69, 9.17) is 16.3 Å². The van der Waals surface area contributed by atoms with E-state index in [-0.39, 0.29) is 16.3 Å². The Bertz CT molecular complexity index is 768. The zero-order valence-electron chi connectivity index (χ0n) is 12.5. The predicted molar refractivity (Wildman–Crippen MR) is 83.4 cm³/mol. The molecule has 132 valence electrons. The van der Waals surface area contributed by atoms with Crippen molar-refractivity contribution in [3.8, 4) is 5.75 Å². The molecule has 2 aromatic rings. The van der Waals surface area contributed by atoms with Crippen molar-refractivity contribution >= 4 is 29.2 Å². The first-order valence-electron chi connectivity index (χ1n) is 6.82. The molecule has 0 saturated carbocycles. The van der Waals surface area contributed by atoms with E-state index in [1.54, 1.807) is 0 Å². The van der Waals surface area contributed by atoms with Crippen LogP contribution in [0.1, 0.15) is 10.4 Å². The number of hydrogen-bond donors (Lipinski definition) is 1.